The van der Waals surface area contributed by atoms with Crippen molar-refractivity contribution in [2.75, 3.05) is 24.8 Å². The van der Waals surface area contributed by atoms with Gasteiger partial charge in [0.25, 0.3) is 11.5 Å². The van der Waals surface area contributed by atoms with Gasteiger partial charge in [-0.25, -0.2) is 18.7 Å². The summed E-state index contributed by atoms with van der Waals surface area (Å²) in [5.74, 6) is -0.816. The summed E-state index contributed by atoms with van der Waals surface area (Å²) in [6.45, 7) is 0. The van der Waals surface area contributed by atoms with Crippen LogP contribution < -0.4 is 21.5 Å². The van der Waals surface area contributed by atoms with Crippen molar-refractivity contribution in [3.63, 3.8) is 0 Å². The van der Waals surface area contributed by atoms with Crippen molar-refractivity contribution in [3.8, 4) is 5.69 Å². The van der Waals surface area contributed by atoms with E-state index in [1.54, 1.807) is 55.7 Å². The first-order valence-electron chi connectivity index (χ1n) is 11.1. The third-order valence-corrected chi connectivity index (χ3v) is 5.78. The molecule has 11 nitrogen and oxygen atoms in total. The van der Waals surface area contributed by atoms with Crippen LogP contribution in [-0.4, -0.2) is 57.4 Å². The van der Waals surface area contributed by atoms with Crippen LogP contribution in [0.3, 0.4) is 0 Å². The van der Waals surface area contributed by atoms with Gasteiger partial charge in [-0.05, 0) is 24.3 Å². The molecule has 1 aliphatic carbocycles. The Morgan fingerprint density at radius 2 is 1.94 bits per heavy atom. The van der Waals surface area contributed by atoms with Gasteiger partial charge < -0.3 is 20.7 Å². The Kier molecular flexibility index (Phi) is 5.84. The number of hydrogen-bond donors (Lipinski definition) is 3. The van der Waals surface area contributed by atoms with Gasteiger partial charge in [-0.15, -0.1) is 5.10 Å². The number of anilines is 3. The van der Waals surface area contributed by atoms with Crippen molar-refractivity contribution < 1.29 is 18.7 Å². The van der Waals surface area contributed by atoms with Crippen LogP contribution in [0.2, 0.25) is 0 Å². The molecule has 3 aromatic heterocycles. The van der Waals surface area contributed by atoms with E-state index in [9.17, 15) is 18.8 Å². The number of aromatic nitrogens is 4. The van der Waals surface area contributed by atoms with Gasteiger partial charge in [-0.1, -0.05) is 12.1 Å². The molecular formula is C24H22FN7O4. The molecule has 1 amide bonds. The minimum Gasteiger partial charge on any atom is -0.465 e. The van der Waals surface area contributed by atoms with Crippen LogP contribution in [0.15, 0.2) is 59.7 Å². The quantitative estimate of drug-likeness (QED) is 0.336. The molecule has 1 aromatic carbocycles. The van der Waals surface area contributed by atoms with Crippen LogP contribution in [0.5, 0.6) is 0 Å². The fraction of sp³-hybridized carbons (Fsp3) is 0.208. The number of imidazole rings is 1. The number of para-hydroxylation sites is 1. The molecular weight excluding hydrogens is 469 g/mol. The Balaban J connectivity index is 1.53. The SMILES string of the molecule is CNc1cc(Nc2cccn(-c3ccccc3C(=O)OC)c2=O)nn2c(C(=O)N[C@@H]3C[C@@H]3F)cnc12. The summed E-state index contributed by atoms with van der Waals surface area (Å²) in [5, 5.41) is 13.0. The van der Waals surface area contributed by atoms with Crippen LogP contribution in [0, 0.1) is 0 Å². The molecule has 5 rings (SSSR count). The molecule has 4 aromatic rings. The van der Waals surface area contributed by atoms with E-state index in [1.807, 2.05) is 0 Å². The van der Waals surface area contributed by atoms with E-state index in [-0.39, 0.29) is 29.2 Å². The third-order valence-electron chi connectivity index (χ3n) is 5.78. The second-order valence-corrected chi connectivity index (χ2v) is 8.13. The largest absolute Gasteiger partial charge is 0.465 e. The maximum absolute atomic E-state index is 13.3. The average molecular weight is 491 g/mol. The van der Waals surface area contributed by atoms with E-state index >= 15 is 0 Å². The molecule has 1 fully saturated rings. The maximum atomic E-state index is 13.3. The van der Waals surface area contributed by atoms with Gasteiger partial charge >= 0.3 is 5.97 Å². The van der Waals surface area contributed by atoms with Gasteiger partial charge in [0, 0.05) is 25.7 Å². The van der Waals surface area contributed by atoms with Crippen LogP contribution >= 0.6 is 0 Å². The molecule has 1 aliphatic rings. The molecule has 0 bridgehead atoms. The zero-order valence-corrected chi connectivity index (χ0v) is 19.4. The Morgan fingerprint density at radius 3 is 2.67 bits per heavy atom. The molecule has 0 aliphatic heterocycles. The van der Waals surface area contributed by atoms with Gasteiger partial charge in [0.2, 0.25) is 0 Å². The number of pyridine rings is 1. The van der Waals surface area contributed by atoms with Crippen molar-refractivity contribution in [1.82, 2.24) is 24.5 Å². The number of benzene rings is 1. The lowest BCUT2D eigenvalue weighted by Crippen LogP contribution is -2.28. The smallest absolute Gasteiger partial charge is 0.339 e. The number of rotatable bonds is 7. The predicted octanol–water partition coefficient (Wildman–Crippen LogP) is 2.29. The number of esters is 1. The van der Waals surface area contributed by atoms with E-state index < -0.39 is 29.6 Å². The number of halogens is 1. The van der Waals surface area contributed by atoms with Gasteiger partial charge in [0.05, 0.1) is 36.3 Å². The maximum Gasteiger partial charge on any atom is 0.339 e. The average Bonchev–Trinajstić information content (AvgIpc) is 3.40. The highest BCUT2D eigenvalue weighted by atomic mass is 19.1. The number of carbonyl (C=O) groups excluding carboxylic acids is 2. The molecule has 0 radical (unpaired) electrons. The number of carbonyl (C=O) groups is 2. The van der Waals surface area contributed by atoms with Gasteiger partial charge in [-0.3, -0.25) is 14.2 Å². The van der Waals surface area contributed by atoms with Crippen molar-refractivity contribution in [3.05, 3.63) is 76.5 Å². The third kappa shape index (κ3) is 4.13. The molecule has 0 spiro atoms. The van der Waals surface area contributed by atoms with E-state index in [1.165, 1.54) is 22.4 Å². The molecule has 184 valence electrons. The molecule has 0 unspecified atom stereocenters. The van der Waals surface area contributed by atoms with Crippen LogP contribution in [0.25, 0.3) is 11.3 Å². The molecule has 12 heteroatoms. The Labute approximate surface area is 203 Å². The van der Waals surface area contributed by atoms with E-state index in [0.29, 0.717) is 17.0 Å². The van der Waals surface area contributed by atoms with Crippen molar-refractivity contribution in [2.24, 2.45) is 0 Å². The number of alkyl halides is 1. The molecule has 3 heterocycles. The van der Waals surface area contributed by atoms with Crippen LogP contribution in [0.1, 0.15) is 27.3 Å². The van der Waals surface area contributed by atoms with Gasteiger partial charge in [0.15, 0.2) is 17.2 Å². The Bertz CT molecular complexity index is 1550. The first kappa shape index (κ1) is 23.0. The number of nitrogens with zero attached hydrogens (tertiary/aromatic N) is 4. The summed E-state index contributed by atoms with van der Waals surface area (Å²) in [6.07, 6.45) is 2.14. The number of methoxy groups -OCH3 is 1. The second-order valence-electron chi connectivity index (χ2n) is 8.13. The standard InChI is InChI=1S/C24H22FN7O4/c1-26-17-11-20(30-32-19(12-27-21(17)32)22(33)29-16-10-14(16)25)28-15-7-5-9-31(23(15)34)18-8-4-3-6-13(18)24(35)36-2/h3-9,11-12,14,16,26H,10H2,1-2H3,(H,28,30)(H,29,33)/t14-,16+/m0/s1. The highest BCUT2D eigenvalue weighted by molar-refractivity contribution is 5.94. The van der Waals surface area contributed by atoms with E-state index in [0.717, 1.165) is 0 Å². The number of amides is 1. The molecule has 3 N–H and O–H groups in total. The minimum atomic E-state index is -1.05. The molecule has 0 saturated heterocycles. The van der Waals surface area contributed by atoms with Crippen LogP contribution in [0.4, 0.5) is 21.6 Å². The highest BCUT2D eigenvalue weighted by Gasteiger charge is 2.39. The topological polar surface area (TPSA) is 132 Å². The molecule has 2 atom stereocenters. The molecule has 1 saturated carbocycles. The fourth-order valence-electron chi connectivity index (χ4n) is 3.81. The lowest BCUT2D eigenvalue weighted by Gasteiger charge is -2.13. The Morgan fingerprint density at radius 1 is 1.17 bits per heavy atom. The summed E-state index contributed by atoms with van der Waals surface area (Å²) in [5.41, 5.74) is 1.39. The normalized spacial score (nSPS) is 16.4. The summed E-state index contributed by atoms with van der Waals surface area (Å²) < 4.78 is 20.8. The predicted molar refractivity (Wildman–Crippen MR) is 130 cm³/mol. The zero-order valence-electron chi connectivity index (χ0n) is 19.4. The van der Waals surface area contributed by atoms with E-state index in [2.05, 4.69) is 26.0 Å². The van der Waals surface area contributed by atoms with E-state index in [4.69, 9.17) is 4.74 Å². The summed E-state index contributed by atoms with van der Waals surface area (Å²) in [7, 11) is 2.96. The first-order chi connectivity index (χ1) is 17.4. The monoisotopic (exact) mass is 491 g/mol. The van der Waals surface area contributed by atoms with Gasteiger partial charge in [-0.2, -0.15) is 0 Å². The second kappa shape index (κ2) is 9.13. The van der Waals surface area contributed by atoms with Crippen LogP contribution in [-0.2, 0) is 4.74 Å². The fourth-order valence-corrected chi connectivity index (χ4v) is 3.81. The lowest BCUT2D eigenvalue weighted by molar-refractivity contribution is 0.0600. The minimum absolute atomic E-state index is 0.127. The van der Waals surface area contributed by atoms with Crippen molar-refractivity contribution in [1.29, 1.82) is 0 Å². The summed E-state index contributed by atoms with van der Waals surface area (Å²) in [4.78, 5) is 42.4. The number of nitrogens with one attached hydrogen (secondary N) is 3. The highest BCUT2D eigenvalue weighted by Crippen LogP contribution is 2.26. The van der Waals surface area contributed by atoms with Gasteiger partial charge in [0.1, 0.15) is 11.9 Å². The Hall–Kier alpha value is -4.74. The van der Waals surface area contributed by atoms with Crippen molar-refractivity contribution >= 4 is 34.7 Å². The first-order valence-corrected chi connectivity index (χ1v) is 11.1. The number of fused-ring (bicyclic) bond motifs is 1. The summed E-state index contributed by atoms with van der Waals surface area (Å²) >= 11 is 0. The lowest BCUT2D eigenvalue weighted by atomic mass is 10.1. The summed E-state index contributed by atoms with van der Waals surface area (Å²) in [6, 6.07) is 10.9. The molecule has 36 heavy (non-hydrogen) atoms. The van der Waals surface area contributed by atoms with Crippen molar-refractivity contribution in [2.45, 2.75) is 18.6 Å². The zero-order chi connectivity index (χ0) is 25.4. The number of hydrogen-bond acceptors (Lipinski definition) is 8. The number of ether oxygens (including phenoxy) is 1.